The van der Waals surface area contributed by atoms with Crippen LogP contribution in [-0.4, -0.2) is 19.4 Å². The zero-order chi connectivity index (χ0) is 21.0. The average Bonchev–Trinajstić information content (AvgIpc) is 3.37. The summed E-state index contributed by atoms with van der Waals surface area (Å²) in [5, 5.41) is 3.27. The van der Waals surface area contributed by atoms with Gasteiger partial charge in [0.15, 0.2) is 0 Å². The van der Waals surface area contributed by atoms with Crippen LogP contribution in [0.4, 0.5) is 0 Å². The first kappa shape index (κ1) is 17.6. The van der Waals surface area contributed by atoms with Crippen molar-refractivity contribution in [2.24, 2.45) is 0 Å². The van der Waals surface area contributed by atoms with Crippen LogP contribution in [0, 0.1) is 0 Å². The normalized spacial score (nSPS) is 13.7. The Kier molecular flexibility index (Phi) is 3.10. The highest BCUT2D eigenvalue weighted by atomic mass is 16.3. The highest BCUT2D eigenvalue weighted by Gasteiger charge is 2.25. The maximum absolute atomic E-state index is 5.89. The van der Waals surface area contributed by atoms with Crippen molar-refractivity contribution in [1.82, 2.24) is 19.4 Å². The van der Waals surface area contributed by atoms with E-state index in [1.165, 1.54) is 0 Å². The summed E-state index contributed by atoms with van der Waals surface area (Å²) in [6.45, 7) is 13.1. The van der Waals surface area contributed by atoms with E-state index in [9.17, 15) is 0 Å². The van der Waals surface area contributed by atoms with E-state index in [-0.39, 0.29) is 10.8 Å². The van der Waals surface area contributed by atoms with Gasteiger partial charge in [-0.15, -0.1) is 0 Å². The third kappa shape index (κ3) is 2.26. The first-order chi connectivity index (χ1) is 14.1. The van der Waals surface area contributed by atoms with Crippen molar-refractivity contribution in [2.75, 3.05) is 0 Å². The monoisotopic (exact) mass is 396 g/mol. The van der Waals surface area contributed by atoms with Gasteiger partial charge in [-0.05, 0) is 30.3 Å². The molecule has 5 heterocycles. The van der Waals surface area contributed by atoms with Crippen LogP contribution >= 0.6 is 0 Å². The predicted octanol–water partition coefficient (Wildman–Crippen LogP) is 6.36. The molecule has 0 fully saturated rings. The molecule has 2 bridgehead atoms. The number of hydrogen-bond acceptors (Lipinski definition) is 4. The van der Waals surface area contributed by atoms with Crippen LogP contribution in [-0.2, 0) is 10.8 Å². The molecule has 6 aromatic rings. The van der Waals surface area contributed by atoms with Crippen molar-refractivity contribution in [3.05, 3.63) is 48.0 Å². The Morgan fingerprint density at radius 2 is 1.47 bits per heavy atom. The summed E-state index contributed by atoms with van der Waals surface area (Å²) in [5.74, 6) is 0.996. The highest BCUT2D eigenvalue weighted by Crippen LogP contribution is 2.37. The number of aromatic nitrogens is 4. The van der Waals surface area contributed by atoms with Gasteiger partial charge in [-0.1, -0.05) is 41.5 Å². The van der Waals surface area contributed by atoms with Crippen molar-refractivity contribution in [3.8, 4) is 0 Å². The summed E-state index contributed by atoms with van der Waals surface area (Å²) in [6, 6.07) is 10.5. The van der Waals surface area contributed by atoms with E-state index in [2.05, 4.69) is 64.1 Å². The van der Waals surface area contributed by atoms with Gasteiger partial charge >= 0.3 is 0 Å². The second kappa shape index (κ2) is 5.28. The van der Waals surface area contributed by atoms with Gasteiger partial charge in [-0.25, -0.2) is 9.97 Å². The molecule has 0 N–H and O–H groups in total. The summed E-state index contributed by atoms with van der Waals surface area (Å²) in [7, 11) is 0. The van der Waals surface area contributed by atoms with Crippen molar-refractivity contribution < 1.29 is 4.42 Å². The van der Waals surface area contributed by atoms with Crippen LogP contribution < -0.4 is 0 Å². The van der Waals surface area contributed by atoms with Gasteiger partial charge in [0.25, 0.3) is 0 Å². The van der Waals surface area contributed by atoms with Crippen LogP contribution in [0.25, 0.3) is 49.5 Å². The van der Waals surface area contributed by atoms with Gasteiger partial charge in [-0.2, -0.15) is 0 Å². The maximum atomic E-state index is 5.89. The second-order valence-corrected chi connectivity index (χ2v) is 10.3. The molecule has 0 spiro atoms. The van der Waals surface area contributed by atoms with Crippen LogP contribution in [0.3, 0.4) is 0 Å². The quantitative estimate of drug-likeness (QED) is 0.280. The molecule has 0 aliphatic carbocycles. The topological polar surface area (TPSA) is 56.2 Å². The molecule has 0 atom stereocenters. The van der Waals surface area contributed by atoms with Gasteiger partial charge in [0.2, 0.25) is 0 Å². The standard InChI is InChI=1S/C25H24N4O/c1-24(2,3)21-11-18-17(12-26-21)27-22-15-9-13-14(20-8-7-19(13)30-20)10-16(15)28-23(29(18)22)25(4,5)6/h7-12H,1-6H3. The molecule has 0 saturated heterocycles. The molecular formula is C25H24N4O. The number of rotatable bonds is 0. The summed E-state index contributed by atoms with van der Waals surface area (Å²) in [5.41, 5.74) is 6.50. The fourth-order valence-electron chi connectivity index (χ4n) is 4.35. The molecule has 0 aliphatic rings. The van der Waals surface area contributed by atoms with E-state index < -0.39 is 0 Å². The average molecular weight is 396 g/mol. The van der Waals surface area contributed by atoms with E-state index in [0.717, 1.165) is 61.0 Å². The van der Waals surface area contributed by atoms with Gasteiger partial charge in [-0.3, -0.25) is 9.38 Å². The SMILES string of the molecule is CC(C)(C)c1cc2c(cn1)nc1c3cc4c5ccc(o5)c4cc3nc(C(C)(C)C)n21. The first-order valence-corrected chi connectivity index (χ1v) is 10.4. The lowest BCUT2D eigenvalue weighted by Gasteiger charge is -2.21. The van der Waals surface area contributed by atoms with E-state index in [4.69, 9.17) is 19.4 Å². The van der Waals surface area contributed by atoms with E-state index in [1.807, 2.05) is 18.3 Å². The molecule has 30 heavy (non-hydrogen) atoms. The zero-order valence-electron chi connectivity index (χ0n) is 18.2. The predicted molar refractivity (Wildman–Crippen MR) is 122 cm³/mol. The largest absolute Gasteiger partial charge is 0.456 e. The number of benzene rings is 2. The first-order valence-electron chi connectivity index (χ1n) is 10.4. The Morgan fingerprint density at radius 1 is 0.767 bits per heavy atom. The molecule has 0 aliphatic heterocycles. The minimum Gasteiger partial charge on any atom is -0.456 e. The van der Waals surface area contributed by atoms with E-state index in [0.29, 0.717) is 0 Å². The Morgan fingerprint density at radius 3 is 2.13 bits per heavy atom. The van der Waals surface area contributed by atoms with Crippen LogP contribution in [0.1, 0.15) is 53.1 Å². The van der Waals surface area contributed by atoms with Gasteiger partial charge in [0.05, 0.1) is 17.2 Å². The van der Waals surface area contributed by atoms with Gasteiger partial charge in [0.1, 0.15) is 28.2 Å². The minimum atomic E-state index is -0.151. The number of fused-ring (bicyclic) bond motifs is 10. The molecule has 0 saturated carbocycles. The van der Waals surface area contributed by atoms with Crippen molar-refractivity contribution in [1.29, 1.82) is 0 Å². The third-order valence-electron chi connectivity index (χ3n) is 5.93. The van der Waals surface area contributed by atoms with E-state index >= 15 is 0 Å². The third-order valence-corrected chi connectivity index (χ3v) is 5.93. The van der Waals surface area contributed by atoms with E-state index in [1.54, 1.807) is 0 Å². The smallest absolute Gasteiger partial charge is 0.148 e. The molecule has 150 valence electrons. The summed E-state index contributed by atoms with van der Waals surface area (Å²) in [6.07, 6.45) is 1.90. The lowest BCUT2D eigenvalue weighted by molar-refractivity contribution is 0.542. The van der Waals surface area contributed by atoms with Crippen LogP contribution in [0.15, 0.2) is 40.9 Å². The Bertz CT molecular complexity index is 1610. The van der Waals surface area contributed by atoms with Crippen LogP contribution in [0.5, 0.6) is 0 Å². The van der Waals surface area contributed by atoms with Gasteiger partial charge < -0.3 is 4.42 Å². The molecule has 0 amide bonds. The molecule has 5 nitrogen and oxygen atoms in total. The Balaban J connectivity index is 1.83. The van der Waals surface area contributed by atoms with Gasteiger partial charge in [0, 0.05) is 32.7 Å². The number of pyridine rings is 1. The Labute approximate surface area is 174 Å². The van der Waals surface area contributed by atoms with Crippen LogP contribution in [0.2, 0.25) is 0 Å². The zero-order valence-corrected chi connectivity index (χ0v) is 18.2. The molecule has 6 rings (SSSR count). The molecule has 5 heteroatoms. The molecule has 5 aromatic heterocycles. The Hall–Kier alpha value is -3.21. The van der Waals surface area contributed by atoms with Crippen molar-refractivity contribution in [2.45, 2.75) is 52.4 Å². The lowest BCUT2D eigenvalue weighted by Crippen LogP contribution is -2.19. The van der Waals surface area contributed by atoms with Crippen molar-refractivity contribution in [3.63, 3.8) is 0 Å². The maximum Gasteiger partial charge on any atom is 0.148 e. The molecule has 1 aromatic carbocycles. The molecular weight excluding hydrogens is 372 g/mol. The summed E-state index contributed by atoms with van der Waals surface area (Å²) in [4.78, 5) is 14.9. The summed E-state index contributed by atoms with van der Waals surface area (Å²) < 4.78 is 8.12. The summed E-state index contributed by atoms with van der Waals surface area (Å²) >= 11 is 0. The van der Waals surface area contributed by atoms with Crippen molar-refractivity contribution >= 4 is 49.5 Å². The number of furan rings is 2. The number of nitrogens with zero attached hydrogens (tertiary/aromatic N) is 4. The molecule has 0 unspecified atom stereocenters. The molecule has 0 radical (unpaired) electrons. The number of imidazole rings is 1. The lowest BCUT2D eigenvalue weighted by atomic mass is 9.91. The fraction of sp³-hybridized carbons (Fsp3) is 0.320. The number of hydrogen-bond donors (Lipinski definition) is 0. The minimum absolute atomic E-state index is 0.0396. The second-order valence-electron chi connectivity index (χ2n) is 10.3. The highest BCUT2D eigenvalue weighted by molar-refractivity contribution is 6.14. The fourth-order valence-corrected chi connectivity index (χ4v) is 4.35.